The van der Waals surface area contributed by atoms with Gasteiger partial charge in [0.15, 0.2) is 11.5 Å². The van der Waals surface area contributed by atoms with Crippen molar-refractivity contribution in [3.05, 3.63) is 84.9 Å². The largest absolute Gasteiger partial charge is 0.496 e. The Morgan fingerprint density at radius 2 is 1.30 bits per heavy atom. The number of benzene rings is 4. The zero-order valence-electron chi connectivity index (χ0n) is 18.8. The summed E-state index contributed by atoms with van der Waals surface area (Å²) in [5.41, 5.74) is 4.73. The van der Waals surface area contributed by atoms with Crippen LogP contribution in [0.2, 0.25) is 0 Å². The molecule has 1 heterocycles. The molecule has 0 saturated carbocycles. The standard InChI is InChI=1S/C28H24N2O3/c1-31-23-17-25(33-3)24(32-2)16-22(23)28-29-26(19-11-5-4-6-12-19)27(30-28)21-15-9-13-18-10-7-8-14-20(18)21/h4-17H,1-3H3,(H,29,30). The van der Waals surface area contributed by atoms with Crippen LogP contribution in [0.1, 0.15) is 0 Å². The Morgan fingerprint density at radius 1 is 0.636 bits per heavy atom. The van der Waals surface area contributed by atoms with Crippen molar-refractivity contribution in [3.63, 3.8) is 0 Å². The number of H-pyrrole nitrogens is 1. The van der Waals surface area contributed by atoms with Crippen molar-refractivity contribution in [2.24, 2.45) is 0 Å². The van der Waals surface area contributed by atoms with E-state index in [1.54, 1.807) is 21.3 Å². The minimum absolute atomic E-state index is 0.599. The fourth-order valence-corrected chi connectivity index (χ4v) is 4.16. The van der Waals surface area contributed by atoms with Gasteiger partial charge in [-0.1, -0.05) is 72.8 Å². The highest BCUT2D eigenvalue weighted by Crippen LogP contribution is 2.42. The summed E-state index contributed by atoms with van der Waals surface area (Å²) in [6, 6.07) is 28.6. The van der Waals surface area contributed by atoms with E-state index in [9.17, 15) is 0 Å². The van der Waals surface area contributed by atoms with E-state index in [4.69, 9.17) is 19.2 Å². The first-order valence-electron chi connectivity index (χ1n) is 10.7. The van der Waals surface area contributed by atoms with Gasteiger partial charge in [0.1, 0.15) is 11.6 Å². The highest BCUT2D eigenvalue weighted by Gasteiger charge is 2.21. The van der Waals surface area contributed by atoms with Gasteiger partial charge >= 0.3 is 0 Å². The number of aromatic amines is 1. The highest BCUT2D eigenvalue weighted by molar-refractivity contribution is 5.99. The molecule has 0 spiro atoms. The maximum absolute atomic E-state index is 5.68. The summed E-state index contributed by atoms with van der Waals surface area (Å²) in [4.78, 5) is 8.62. The molecule has 0 bridgehead atoms. The summed E-state index contributed by atoms with van der Waals surface area (Å²) in [5, 5.41) is 2.33. The van der Waals surface area contributed by atoms with Crippen LogP contribution in [0, 0.1) is 0 Å². The molecule has 0 aliphatic carbocycles. The number of methoxy groups -OCH3 is 3. The molecule has 0 fully saturated rings. The van der Waals surface area contributed by atoms with Crippen LogP contribution >= 0.6 is 0 Å². The van der Waals surface area contributed by atoms with Crippen molar-refractivity contribution in [1.29, 1.82) is 0 Å². The van der Waals surface area contributed by atoms with Crippen LogP contribution in [0.3, 0.4) is 0 Å². The Labute approximate surface area is 192 Å². The van der Waals surface area contributed by atoms with Crippen molar-refractivity contribution in [2.75, 3.05) is 21.3 Å². The van der Waals surface area contributed by atoms with Crippen LogP contribution in [0.4, 0.5) is 0 Å². The number of fused-ring (bicyclic) bond motifs is 1. The third-order valence-electron chi connectivity index (χ3n) is 5.77. The quantitative estimate of drug-likeness (QED) is 0.326. The molecule has 33 heavy (non-hydrogen) atoms. The van der Waals surface area contributed by atoms with Crippen LogP contribution in [0.5, 0.6) is 17.2 Å². The lowest BCUT2D eigenvalue weighted by Crippen LogP contribution is -1.95. The van der Waals surface area contributed by atoms with Gasteiger partial charge < -0.3 is 19.2 Å². The number of nitrogens with zero attached hydrogens (tertiary/aromatic N) is 1. The first-order valence-corrected chi connectivity index (χ1v) is 10.7. The molecule has 5 rings (SSSR count). The van der Waals surface area contributed by atoms with Crippen molar-refractivity contribution in [3.8, 4) is 51.2 Å². The number of hydrogen-bond donors (Lipinski definition) is 1. The van der Waals surface area contributed by atoms with E-state index in [2.05, 4.69) is 59.6 Å². The Morgan fingerprint density at radius 3 is 2.06 bits per heavy atom. The molecular weight excluding hydrogens is 412 g/mol. The number of imidazole rings is 1. The van der Waals surface area contributed by atoms with Crippen LogP contribution in [0.15, 0.2) is 84.9 Å². The third-order valence-corrected chi connectivity index (χ3v) is 5.77. The van der Waals surface area contributed by atoms with Crippen molar-refractivity contribution < 1.29 is 14.2 Å². The van der Waals surface area contributed by atoms with Crippen LogP contribution in [-0.4, -0.2) is 31.3 Å². The molecule has 164 valence electrons. The lowest BCUT2D eigenvalue weighted by molar-refractivity contribution is 0.349. The summed E-state index contributed by atoms with van der Waals surface area (Å²) >= 11 is 0. The number of ether oxygens (including phenoxy) is 3. The van der Waals surface area contributed by atoms with E-state index < -0.39 is 0 Å². The highest BCUT2D eigenvalue weighted by atomic mass is 16.5. The van der Waals surface area contributed by atoms with Crippen LogP contribution < -0.4 is 14.2 Å². The third kappa shape index (κ3) is 3.68. The maximum atomic E-state index is 5.68. The molecule has 4 aromatic carbocycles. The Balaban J connectivity index is 1.78. The van der Waals surface area contributed by atoms with E-state index in [0.717, 1.165) is 33.5 Å². The number of aromatic nitrogens is 2. The molecule has 1 N–H and O–H groups in total. The second-order valence-electron chi connectivity index (χ2n) is 7.61. The molecule has 0 unspecified atom stereocenters. The van der Waals surface area contributed by atoms with Gasteiger partial charge in [-0.25, -0.2) is 4.98 Å². The molecule has 0 radical (unpaired) electrons. The fourth-order valence-electron chi connectivity index (χ4n) is 4.16. The van der Waals surface area contributed by atoms with Gasteiger partial charge in [-0.05, 0) is 16.8 Å². The molecule has 5 heteroatoms. The normalized spacial score (nSPS) is 10.9. The second-order valence-corrected chi connectivity index (χ2v) is 7.61. The van der Waals surface area contributed by atoms with Gasteiger partial charge in [0, 0.05) is 17.2 Å². The Bertz CT molecular complexity index is 1420. The summed E-state index contributed by atoms with van der Waals surface area (Å²) in [7, 11) is 4.86. The zero-order valence-corrected chi connectivity index (χ0v) is 18.8. The average molecular weight is 437 g/mol. The first kappa shape index (κ1) is 20.6. The predicted molar refractivity (Wildman–Crippen MR) is 132 cm³/mol. The lowest BCUT2D eigenvalue weighted by Gasteiger charge is -2.12. The van der Waals surface area contributed by atoms with Crippen LogP contribution in [-0.2, 0) is 0 Å². The molecule has 5 aromatic rings. The lowest BCUT2D eigenvalue weighted by atomic mass is 9.99. The van der Waals surface area contributed by atoms with E-state index in [1.165, 1.54) is 5.39 Å². The fraction of sp³-hybridized carbons (Fsp3) is 0.107. The summed E-state index contributed by atoms with van der Waals surface area (Å²) < 4.78 is 16.7. The minimum Gasteiger partial charge on any atom is -0.496 e. The van der Waals surface area contributed by atoms with Gasteiger partial charge in [0.05, 0.1) is 38.3 Å². The topological polar surface area (TPSA) is 56.4 Å². The van der Waals surface area contributed by atoms with Crippen molar-refractivity contribution >= 4 is 10.8 Å². The van der Waals surface area contributed by atoms with E-state index in [-0.39, 0.29) is 0 Å². The Kier molecular flexibility index (Phi) is 5.45. The van der Waals surface area contributed by atoms with E-state index in [1.807, 2.05) is 30.3 Å². The van der Waals surface area contributed by atoms with Gasteiger partial charge in [-0.2, -0.15) is 0 Å². The number of nitrogens with one attached hydrogen (secondary N) is 1. The summed E-state index contributed by atoms with van der Waals surface area (Å²) in [5.74, 6) is 2.54. The minimum atomic E-state index is 0.599. The summed E-state index contributed by atoms with van der Waals surface area (Å²) in [6.07, 6.45) is 0. The first-order chi connectivity index (χ1) is 16.2. The maximum Gasteiger partial charge on any atom is 0.164 e. The van der Waals surface area contributed by atoms with Crippen molar-refractivity contribution in [1.82, 2.24) is 9.97 Å². The molecule has 1 aromatic heterocycles. The SMILES string of the molecule is COc1cc(OC)c(-c2nc(-c3ccccc3)c(-c3cccc4ccccc34)[nH]2)cc1OC. The molecule has 0 aliphatic rings. The van der Waals surface area contributed by atoms with Gasteiger partial charge in [0.2, 0.25) is 0 Å². The van der Waals surface area contributed by atoms with E-state index >= 15 is 0 Å². The molecule has 5 nitrogen and oxygen atoms in total. The number of hydrogen-bond acceptors (Lipinski definition) is 4. The van der Waals surface area contributed by atoms with Crippen molar-refractivity contribution in [2.45, 2.75) is 0 Å². The molecule has 0 aliphatic heterocycles. The molecule has 0 saturated heterocycles. The van der Waals surface area contributed by atoms with Gasteiger partial charge in [-0.15, -0.1) is 0 Å². The smallest absolute Gasteiger partial charge is 0.164 e. The van der Waals surface area contributed by atoms with Gasteiger partial charge in [0.25, 0.3) is 0 Å². The molecular formula is C28H24N2O3. The number of rotatable bonds is 6. The predicted octanol–water partition coefficient (Wildman–Crippen LogP) is 6.59. The van der Waals surface area contributed by atoms with Gasteiger partial charge in [-0.3, -0.25) is 0 Å². The van der Waals surface area contributed by atoms with Crippen LogP contribution in [0.25, 0.3) is 44.7 Å². The zero-order chi connectivity index (χ0) is 22.8. The second kappa shape index (κ2) is 8.71. The molecule has 0 amide bonds. The Hall–Kier alpha value is -4.25. The monoisotopic (exact) mass is 436 g/mol. The summed E-state index contributed by atoms with van der Waals surface area (Å²) in [6.45, 7) is 0. The van der Waals surface area contributed by atoms with E-state index in [0.29, 0.717) is 23.1 Å². The average Bonchev–Trinajstić information content (AvgIpc) is 3.33. The molecule has 0 atom stereocenters.